The van der Waals surface area contributed by atoms with Gasteiger partial charge < -0.3 is 19.9 Å². The lowest BCUT2D eigenvalue weighted by molar-refractivity contribution is 0.0717. The minimum Gasteiger partial charge on any atom is -0.379 e. The Kier molecular flexibility index (Phi) is 6.04. The second kappa shape index (κ2) is 8.68. The zero-order valence-corrected chi connectivity index (χ0v) is 17.2. The zero-order chi connectivity index (χ0) is 19.4. The smallest absolute Gasteiger partial charge is 0.317 e. The molecule has 2 aliphatic heterocycles. The van der Waals surface area contributed by atoms with Crippen molar-refractivity contribution in [2.45, 2.75) is 52.0 Å². The first kappa shape index (κ1) is 19.5. The number of carbonyl (C=O) groups excluding carboxylic acids is 1. The molecular weight excluding hydrogens is 352 g/mol. The van der Waals surface area contributed by atoms with Gasteiger partial charge in [-0.15, -0.1) is 0 Å². The van der Waals surface area contributed by atoms with E-state index in [1.807, 2.05) is 11.1 Å². The highest BCUT2D eigenvalue weighted by Crippen LogP contribution is 2.40. The van der Waals surface area contributed by atoms with Crippen molar-refractivity contribution >= 4 is 11.8 Å². The Balaban J connectivity index is 1.29. The van der Waals surface area contributed by atoms with Crippen LogP contribution in [0.1, 0.15) is 51.0 Å². The Hall–Kier alpha value is -1.82. The van der Waals surface area contributed by atoms with Gasteiger partial charge in [-0.2, -0.15) is 0 Å². The Morgan fingerprint density at radius 2 is 2.04 bits per heavy atom. The summed E-state index contributed by atoms with van der Waals surface area (Å²) in [6.45, 7) is 7.96. The highest BCUT2D eigenvalue weighted by molar-refractivity contribution is 5.74. The van der Waals surface area contributed by atoms with Gasteiger partial charge in [-0.3, -0.25) is 0 Å². The number of ether oxygens (including phenoxy) is 1. The van der Waals surface area contributed by atoms with Crippen molar-refractivity contribution in [2.75, 3.05) is 44.3 Å². The number of nitrogens with zero attached hydrogens (tertiary/aromatic N) is 3. The molecule has 28 heavy (non-hydrogen) atoms. The standard InChI is InChI=1S/C22H34N4O2/c1-18-6-10-25(11-7-18)20-5-4-19(14-23-20)15-24-21(27)26-12-13-28-17-22(16-26)8-2-3-9-22/h4-5,14,18H,2-3,6-13,15-17H2,1H3,(H,24,27). The molecule has 1 N–H and O–H groups in total. The molecule has 0 unspecified atom stereocenters. The van der Waals surface area contributed by atoms with E-state index in [-0.39, 0.29) is 11.4 Å². The SMILES string of the molecule is CC1CCN(c2ccc(CNC(=O)N3CCOCC4(CCCC4)C3)cn2)CC1. The molecule has 4 rings (SSSR count). The summed E-state index contributed by atoms with van der Waals surface area (Å²) in [6.07, 6.45) is 9.24. The van der Waals surface area contributed by atoms with E-state index in [9.17, 15) is 4.79 Å². The van der Waals surface area contributed by atoms with Crippen molar-refractivity contribution < 1.29 is 9.53 Å². The number of hydrogen-bond acceptors (Lipinski definition) is 4. The van der Waals surface area contributed by atoms with E-state index in [0.717, 1.165) is 43.5 Å². The molecule has 2 saturated heterocycles. The summed E-state index contributed by atoms with van der Waals surface area (Å²) in [6, 6.07) is 4.20. The van der Waals surface area contributed by atoms with Crippen LogP contribution in [0.25, 0.3) is 0 Å². The highest BCUT2D eigenvalue weighted by Gasteiger charge is 2.38. The molecule has 3 aliphatic rings. The number of pyridine rings is 1. The first-order chi connectivity index (χ1) is 13.6. The van der Waals surface area contributed by atoms with Crippen LogP contribution in [0, 0.1) is 11.3 Å². The van der Waals surface area contributed by atoms with Crippen LogP contribution in [0.5, 0.6) is 0 Å². The predicted octanol–water partition coefficient (Wildman–Crippen LogP) is 3.42. The normalized spacial score (nSPS) is 23.0. The number of amides is 2. The number of urea groups is 1. The minimum atomic E-state index is 0.0193. The van der Waals surface area contributed by atoms with Crippen LogP contribution < -0.4 is 10.2 Å². The number of carbonyl (C=O) groups is 1. The lowest BCUT2D eigenvalue weighted by Gasteiger charge is -2.31. The van der Waals surface area contributed by atoms with Gasteiger partial charge in [0.05, 0.1) is 13.2 Å². The van der Waals surface area contributed by atoms with Gasteiger partial charge in [-0.1, -0.05) is 25.8 Å². The molecule has 2 amide bonds. The number of nitrogens with one attached hydrogen (secondary N) is 1. The quantitative estimate of drug-likeness (QED) is 0.865. The molecule has 1 spiro atoms. The fraction of sp³-hybridized carbons (Fsp3) is 0.727. The zero-order valence-electron chi connectivity index (χ0n) is 17.2. The lowest BCUT2D eigenvalue weighted by atomic mass is 9.87. The van der Waals surface area contributed by atoms with Crippen LogP contribution in [0.2, 0.25) is 0 Å². The van der Waals surface area contributed by atoms with Crippen molar-refractivity contribution in [1.29, 1.82) is 0 Å². The number of rotatable bonds is 3. The van der Waals surface area contributed by atoms with Gasteiger partial charge in [0.15, 0.2) is 0 Å². The van der Waals surface area contributed by atoms with E-state index in [1.54, 1.807) is 0 Å². The van der Waals surface area contributed by atoms with Crippen molar-refractivity contribution in [3.63, 3.8) is 0 Å². The van der Waals surface area contributed by atoms with Crippen LogP contribution in [0.3, 0.4) is 0 Å². The van der Waals surface area contributed by atoms with E-state index in [2.05, 4.69) is 34.3 Å². The number of hydrogen-bond donors (Lipinski definition) is 1. The Morgan fingerprint density at radius 1 is 1.25 bits per heavy atom. The van der Waals surface area contributed by atoms with Gasteiger partial charge in [0.1, 0.15) is 5.82 Å². The third-order valence-corrected chi connectivity index (χ3v) is 6.75. The fourth-order valence-corrected chi connectivity index (χ4v) is 4.83. The Bertz CT molecular complexity index is 649. The monoisotopic (exact) mass is 386 g/mol. The molecular formula is C22H34N4O2. The molecule has 6 heteroatoms. The molecule has 1 aromatic heterocycles. The van der Waals surface area contributed by atoms with Gasteiger partial charge >= 0.3 is 6.03 Å². The van der Waals surface area contributed by atoms with Gasteiger partial charge in [0.25, 0.3) is 0 Å². The summed E-state index contributed by atoms with van der Waals surface area (Å²) in [5.41, 5.74) is 1.23. The third kappa shape index (κ3) is 4.59. The summed E-state index contributed by atoms with van der Waals surface area (Å²) in [5, 5.41) is 3.09. The largest absolute Gasteiger partial charge is 0.379 e. The molecule has 0 aromatic carbocycles. The van der Waals surface area contributed by atoms with Crippen molar-refractivity contribution in [2.24, 2.45) is 11.3 Å². The van der Waals surface area contributed by atoms with Gasteiger partial charge in [0.2, 0.25) is 0 Å². The Labute approximate surface area is 168 Å². The van der Waals surface area contributed by atoms with Crippen LogP contribution in [0.15, 0.2) is 18.3 Å². The van der Waals surface area contributed by atoms with E-state index < -0.39 is 0 Å². The van der Waals surface area contributed by atoms with E-state index in [1.165, 1.54) is 38.5 Å². The number of aromatic nitrogens is 1. The molecule has 0 atom stereocenters. The molecule has 154 valence electrons. The van der Waals surface area contributed by atoms with Gasteiger partial charge in [0, 0.05) is 44.3 Å². The topological polar surface area (TPSA) is 57.7 Å². The lowest BCUT2D eigenvalue weighted by Crippen LogP contribution is -2.45. The summed E-state index contributed by atoms with van der Waals surface area (Å²) in [4.78, 5) is 21.7. The first-order valence-corrected chi connectivity index (χ1v) is 10.9. The van der Waals surface area contributed by atoms with Gasteiger partial charge in [-0.25, -0.2) is 9.78 Å². The molecule has 1 aromatic rings. The highest BCUT2D eigenvalue weighted by atomic mass is 16.5. The van der Waals surface area contributed by atoms with Gasteiger partial charge in [-0.05, 0) is 43.2 Å². The summed E-state index contributed by atoms with van der Waals surface area (Å²) in [5.74, 6) is 1.87. The molecule has 1 aliphatic carbocycles. The van der Waals surface area contributed by atoms with Crippen molar-refractivity contribution in [1.82, 2.24) is 15.2 Å². The Morgan fingerprint density at radius 3 is 2.75 bits per heavy atom. The second-order valence-electron chi connectivity index (χ2n) is 9.03. The van der Waals surface area contributed by atoms with Crippen LogP contribution in [-0.4, -0.2) is 55.3 Å². The fourth-order valence-electron chi connectivity index (χ4n) is 4.83. The predicted molar refractivity (Wildman–Crippen MR) is 110 cm³/mol. The molecule has 0 radical (unpaired) electrons. The average Bonchev–Trinajstić information content (AvgIpc) is 3.07. The molecule has 3 fully saturated rings. The van der Waals surface area contributed by atoms with E-state index in [0.29, 0.717) is 19.7 Å². The maximum absolute atomic E-state index is 12.7. The minimum absolute atomic E-state index is 0.0193. The summed E-state index contributed by atoms with van der Waals surface area (Å²) in [7, 11) is 0. The second-order valence-corrected chi connectivity index (χ2v) is 9.03. The third-order valence-electron chi connectivity index (χ3n) is 6.75. The summed E-state index contributed by atoms with van der Waals surface area (Å²) < 4.78 is 5.82. The van der Waals surface area contributed by atoms with E-state index in [4.69, 9.17) is 4.74 Å². The first-order valence-electron chi connectivity index (χ1n) is 10.9. The summed E-state index contributed by atoms with van der Waals surface area (Å²) >= 11 is 0. The maximum atomic E-state index is 12.7. The maximum Gasteiger partial charge on any atom is 0.317 e. The van der Waals surface area contributed by atoms with E-state index >= 15 is 0 Å². The van der Waals surface area contributed by atoms with Crippen LogP contribution in [-0.2, 0) is 11.3 Å². The number of piperidine rings is 1. The number of anilines is 1. The van der Waals surface area contributed by atoms with Crippen molar-refractivity contribution in [3.05, 3.63) is 23.9 Å². The molecule has 6 nitrogen and oxygen atoms in total. The van der Waals surface area contributed by atoms with Crippen LogP contribution in [0.4, 0.5) is 10.6 Å². The molecule has 0 bridgehead atoms. The van der Waals surface area contributed by atoms with Crippen molar-refractivity contribution in [3.8, 4) is 0 Å². The average molecular weight is 387 g/mol. The van der Waals surface area contributed by atoms with Crippen LogP contribution >= 0.6 is 0 Å². The molecule has 1 saturated carbocycles. The molecule has 3 heterocycles.